The summed E-state index contributed by atoms with van der Waals surface area (Å²) in [4.78, 5) is 31.6. The van der Waals surface area contributed by atoms with E-state index in [-0.39, 0.29) is 35.5 Å². The first kappa shape index (κ1) is 19.8. The van der Waals surface area contributed by atoms with Crippen LogP contribution in [0.1, 0.15) is 25.5 Å². The van der Waals surface area contributed by atoms with Crippen LogP contribution in [0.5, 0.6) is 0 Å². The van der Waals surface area contributed by atoms with E-state index in [2.05, 4.69) is 27.8 Å². The van der Waals surface area contributed by atoms with Crippen LogP contribution < -0.4 is 10.6 Å². The van der Waals surface area contributed by atoms with Gasteiger partial charge >= 0.3 is 0 Å². The number of furan rings is 1. The van der Waals surface area contributed by atoms with E-state index in [0.29, 0.717) is 32.0 Å². The van der Waals surface area contributed by atoms with Gasteiger partial charge in [0.25, 0.3) is 0 Å². The number of para-hydroxylation sites is 1. The van der Waals surface area contributed by atoms with Crippen LogP contribution in [0.4, 0.5) is 0 Å². The molecular weight excluding hydrogens is 392 g/mol. The number of aliphatic imine (C=N–C) groups is 1. The fraction of sp³-hybridized carbons (Fsp3) is 0.458. The van der Waals surface area contributed by atoms with Crippen LogP contribution in [0.15, 0.2) is 51.9 Å². The first-order valence-corrected chi connectivity index (χ1v) is 11.2. The highest BCUT2D eigenvalue weighted by molar-refractivity contribution is 6.06. The summed E-state index contributed by atoms with van der Waals surface area (Å²) >= 11 is 0. The molecular formula is C24H28N4O3. The van der Waals surface area contributed by atoms with Crippen LogP contribution in [0.25, 0.3) is 11.0 Å². The third-order valence-corrected chi connectivity index (χ3v) is 6.63. The second-order valence-electron chi connectivity index (χ2n) is 8.55. The lowest BCUT2D eigenvalue weighted by molar-refractivity contribution is -0.140. The van der Waals surface area contributed by atoms with Crippen LogP contribution in [0.2, 0.25) is 0 Å². The topological polar surface area (TPSA) is 86.9 Å². The van der Waals surface area contributed by atoms with Gasteiger partial charge in [-0.2, -0.15) is 0 Å². The molecule has 1 aromatic heterocycles. The molecule has 0 spiro atoms. The summed E-state index contributed by atoms with van der Waals surface area (Å²) in [6.45, 7) is 4.28. The number of rotatable bonds is 7. The number of carbonyl (C=O) groups is 2. The maximum absolute atomic E-state index is 12.8. The Bertz CT molecular complexity index is 993. The number of guanidine groups is 1. The number of hydrogen-bond acceptors (Lipinski definition) is 4. The number of likely N-dealkylation sites (tertiary alicyclic amines) is 1. The first-order valence-electron chi connectivity index (χ1n) is 11.2. The first-order chi connectivity index (χ1) is 15.2. The molecule has 2 aliphatic carbocycles. The molecule has 3 aliphatic rings. The molecule has 7 nitrogen and oxygen atoms in total. The smallest absolute Gasteiger partial charge is 0.233 e. The van der Waals surface area contributed by atoms with Gasteiger partial charge in [0.05, 0.1) is 11.8 Å². The van der Waals surface area contributed by atoms with Crippen molar-refractivity contribution >= 4 is 28.7 Å². The van der Waals surface area contributed by atoms with Crippen molar-refractivity contribution in [2.24, 2.45) is 28.7 Å². The van der Waals surface area contributed by atoms with E-state index in [1.807, 2.05) is 37.3 Å². The molecule has 1 aromatic carbocycles. The monoisotopic (exact) mass is 420 g/mol. The number of carbonyl (C=O) groups excluding carboxylic acids is 2. The van der Waals surface area contributed by atoms with Gasteiger partial charge in [0.1, 0.15) is 17.9 Å². The van der Waals surface area contributed by atoms with E-state index in [9.17, 15) is 9.59 Å². The second kappa shape index (κ2) is 8.21. The van der Waals surface area contributed by atoms with E-state index in [1.165, 1.54) is 4.90 Å². The summed E-state index contributed by atoms with van der Waals surface area (Å²) < 4.78 is 5.82. The molecule has 2 heterocycles. The van der Waals surface area contributed by atoms with Crippen LogP contribution in [0.3, 0.4) is 0 Å². The van der Waals surface area contributed by atoms with Crippen LogP contribution >= 0.6 is 0 Å². The van der Waals surface area contributed by atoms with Crippen molar-refractivity contribution in [3.8, 4) is 0 Å². The summed E-state index contributed by atoms with van der Waals surface area (Å²) in [5.41, 5.74) is 0.860. The zero-order chi connectivity index (χ0) is 21.4. The van der Waals surface area contributed by atoms with Gasteiger partial charge in [0, 0.05) is 25.0 Å². The second-order valence-corrected chi connectivity index (χ2v) is 8.55. The molecule has 2 aromatic rings. The zero-order valence-electron chi connectivity index (χ0n) is 17.7. The Balaban J connectivity index is 1.13. The van der Waals surface area contributed by atoms with Gasteiger partial charge < -0.3 is 15.1 Å². The summed E-state index contributed by atoms with van der Waals surface area (Å²) in [5.74, 6) is 1.86. The third kappa shape index (κ3) is 3.62. The standard InChI is InChI=1S/C24H28N4O3/c1-2-25-24(27-14-18-13-15-6-3-4-7-19(15)31-18)26-10-5-11-28-22(29)20-16-8-9-17(12-16)21(20)23(28)30/h3-4,6-9,13,16-17,20-21H,2,5,10-12,14H2,1H3,(H2,25,26,27). The number of hydrogen-bond donors (Lipinski definition) is 2. The van der Waals surface area contributed by atoms with E-state index in [4.69, 9.17) is 4.42 Å². The zero-order valence-corrected chi connectivity index (χ0v) is 17.7. The largest absolute Gasteiger partial charge is 0.459 e. The predicted molar refractivity (Wildman–Crippen MR) is 118 cm³/mol. The van der Waals surface area contributed by atoms with Gasteiger partial charge in [-0.05, 0) is 43.7 Å². The number of allylic oxidation sites excluding steroid dienone is 2. The fourth-order valence-electron chi connectivity index (χ4n) is 5.24. The minimum absolute atomic E-state index is 0.0253. The van der Waals surface area contributed by atoms with Crippen molar-refractivity contribution in [1.82, 2.24) is 15.5 Å². The average molecular weight is 421 g/mol. The molecule has 162 valence electrons. The molecule has 4 atom stereocenters. The molecule has 2 bridgehead atoms. The van der Waals surface area contributed by atoms with Crippen molar-refractivity contribution < 1.29 is 14.0 Å². The molecule has 5 rings (SSSR count). The normalized spacial score (nSPS) is 26.9. The molecule has 2 fully saturated rings. The maximum Gasteiger partial charge on any atom is 0.233 e. The fourth-order valence-corrected chi connectivity index (χ4v) is 5.24. The lowest BCUT2D eigenvalue weighted by Gasteiger charge is -2.18. The molecule has 2 N–H and O–H groups in total. The molecule has 7 heteroatoms. The quantitative estimate of drug-likeness (QED) is 0.236. The van der Waals surface area contributed by atoms with Crippen LogP contribution in [0, 0.1) is 23.7 Å². The SMILES string of the molecule is CCNC(=NCc1cc2ccccc2o1)NCCCN1C(=O)C2C3C=CC(C3)C2C1=O. The Morgan fingerprint density at radius 3 is 2.58 bits per heavy atom. The summed E-state index contributed by atoms with van der Waals surface area (Å²) in [6, 6.07) is 9.91. The minimum Gasteiger partial charge on any atom is -0.459 e. The Hall–Kier alpha value is -3.09. The van der Waals surface area contributed by atoms with Crippen molar-refractivity contribution in [2.45, 2.75) is 26.3 Å². The molecule has 1 saturated carbocycles. The van der Waals surface area contributed by atoms with Crippen molar-refractivity contribution in [2.75, 3.05) is 19.6 Å². The molecule has 0 radical (unpaired) electrons. The van der Waals surface area contributed by atoms with Gasteiger partial charge in [-0.1, -0.05) is 30.4 Å². The highest BCUT2D eigenvalue weighted by Crippen LogP contribution is 2.52. The lowest BCUT2D eigenvalue weighted by atomic mass is 9.85. The van der Waals surface area contributed by atoms with E-state index >= 15 is 0 Å². The Morgan fingerprint density at radius 2 is 1.87 bits per heavy atom. The van der Waals surface area contributed by atoms with Crippen molar-refractivity contribution in [1.29, 1.82) is 0 Å². The van der Waals surface area contributed by atoms with Gasteiger partial charge in [0.2, 0.25) is 11.8 Å². The minimum atomic E-state index is -0.113. The Kier molecular flexibility index (Phi) is 5.26. The van der Waals surface area contributed by atoms with Gasteiger partial charge in [-0.15, -0.1) is 0 Å². The number of fused-ring (bicyclic) bond motifs is 6. The molecule has 31 heavy (non-hydrogen) atoms. The van der Waals surface area contributed by atoms with Crippen molar-refractivity contribution in [3.63, 3.8) is 0 Å². The lowest BCUT2D eigenvalue weighted by Crippen LogP contribution is -2.40. The highest BCUT2D eigenvalue weighted by atomic mass is 16.3. The number of amides is 2. The van der Waals surface area contributed by atoms with Gasteiger partial charge in [0.15, 0.2) is 5.96 Å². The van der Waals surface area contributed by atoms with Crippen LogP contribution in [-0.4, -0.2) is 42.3 Å². The Morgan fingerprint density at radius 1 is 1.13 bits per heavy atom. The molecule has 2 amide bonds. The molecule has 1 saturated heterocycles. The number of imide groups is 1. The molecule has 1 aliphatic heterocycles. The third-order valence-electron chi connectivity index (χ3n) is 6.63. The number of nitrogens with zero attached hydrogens (tertiary/aromatic N) is 2. The number of benzene rings is 1. The summed E-state index contributed by atoms with van der Waals surface area (Å²) in [7, 11) is 0. The van der Waals surface area contributed by atoms with E-state index < -0.39 is 0 Å². The predicted octanol–water partition coefficient (Wildman–Crippen LogP) is 2.69. The average Bonchev–Trinajstić information content (AvgIpc) is 3.53. The maximum atomic E-state index is 12.8. The van der Waals surface area contributed by atoms with E-state index in [0.717, 1.165) is 29.7 Å². The van der Waals surface area contributed by atoms with Gasteiger partial charge in [-0.25, -0.2) is 4.99 Å². The Labute approximate surface area is 181 Å². The van der Waals surface area contributed by atoms with E-state index in [1.54, 1.807) is 0 Å². The van der Waals surface area contributed by atoms with Crippen LogP contribution in [-0.2, 0) is 16.1 Å². The highest BCUT2D eigenvalue weighted by Gasteiger charge is 2.58. The summed E-state index contributed by atoms with van der Waals surface area (Å²) in [6.07, 6.45) is 5.91. The number of nitrogens with one attached hydrogen (secondary N) is 2. The summed E-state index contributed by atoms with van der Waals surface area (Å²) in [5, 5.41) is 7.59. The molecule has 4 unspecified atom stereocenters. The van der Waals surface area contributed by atoms with Gasteiger partial charge in [-0.3, -0.25) is 14.5 Å². The van der Waals surface area contributed by atoms with Crippen molar-refractivity contribution in [3.05, 3.63) is 48.2 Å².